The first-order valence-electron chi connectivity index (χ1n) is 13.9. The van der Waals surface area contributed by atoms with Gasteiger partial charge in [-0.2, -0.15) is 0 Å². The van der Waals surface area contributed by atoms with Crippen molar-refractivity contribution >= 4 is 61.9 Å². The number of nitrogens with one attached hydrogen (secondary N) is 1. The standard InChI is InChI=1S/C28H37BrN6O9/c1-7-17(3)28(37)44-12-10-33(9-11-43-18(4)8-2)24-15-22(30-19(5)36)23(16-26(24)42-6)31-32-27-21(29)13-20(34(38)39)14-25(27)35(40)41/h13-18H,7-12H2,1-6H3,(H,30,36). The molecule has 2 unspecified atom stereocenters. The van der Waals surface area contributed by atoms with E-state index < -0.39 is 27.1 Å². The van der Waals surface area contributed by atoms with Crippen LogP contribution in [0.15, 0.2) is 39.0 Å². The fraction of sp³-hybridized carbons (Fsp3) is 0.500. The molecule has 0 aliphatic heterocycles. The van der Waals surface area contributed by atoms with Crippen LogP contribution in [0.4, 0.5) is 34.1 Å². The van der Waals surface area contributed by atoms with Gasteiger partial charge in [0.2, 0.25) is 5.91 Å². The molecule has 0 aromatic heterocycles. The molecule has 0 radical (unpaired) electrons. The number of carbonyl (C=O) groups is 2. The van der Waals surface area contributed by atoms with Gasteiger partial charge >= 0.3 is 11.7 Å². The minimum atomic E-state index is -0.808. The molecule has 0 saturated heterocycles. The second kappa shape index (κ2) is 17.2. The van der Waals surface area contributed by atoms with Crippen LogP contribution < -0.4 is 15.0 Å². The van der Waals surface area contributed by atoms with E-state index in [0.29, 0.717) is 31.0 Å². The Kier molecular flexibility index (Phi) is 14.1. The number of anilines is 2. The highest BCUT2D eigenvalue weighted by Gasteiger charge is 2.24. The average molecular weight is 682 g/mol. The number of methoxy groups -OCH3 is 1. The van der Waals surface area contributed by atoms with Gasteiger partial charge in [0.25, 0.3) is 5.69 Å². The zero-order valence-corrected chi connectivity index (χ0v) is 27.1. The maximum Gasteiger partial charge on any atom is 0.308 e. The van der Waals surface area contributed by atoms with Crippen molar-refractivity contribution in [2.45, 2.75) is 53.6 Å². The van der Waals surface area contributed by atoms with Gasteiger partial charge in [-0.1, -0.05) is 20.8 Å². The molecule has 0 fully saturated rings. The first kappa shape index (κ1) is 36.0. The van der Waals surface area contributed by atoms with E-state index in [1.165, 1.54) is 20.1 Å². The molecule has 0 aliphatic rings. The predicted molar refractivity (Wildman–Crippen MR) is 167 cm³/mol. The number of nitro benzene ring substituents is 2. The van der Waals surface area contributed by atoms with Gasteiger partial charge in [-0.25, -0.2) is 0 Å². The van der Waals surface area contributed by atoms with Crippen LogP contribution in [0.1, 0.15) is 47.5 Å². The molecule has 0 bridgehead atoms. The van der Waals surface area contributed by atoms with Crippen molar-refractivity contribution in [3.05, 3.63) is 49.0 Å². The Bertz CT molecular complexity index is 1390. The van der Waals surface area contributed by atoms with E-state index >= 15 is 0 Å². The minimum absolute atomic E-state index is 0.0220. The third kappa shape index (κ3) is 10.2. The third-order valence-electron chi connectivity index (χ3n) is 6.60. The summed E-state index contributed by atoms with van der Waals surface area (Å²) >= 11 is 3.10. The molecular weight excluding hydrogens is 644 g/mol. The van der Waals surface area contributed by atoms with Crippen molar-refractivity contribution in [2.24, 2.45) is 16.1 Å². The van der Waals surface area contributed by atoms with Gasteiger partial charge in [-0.15, -0.1) is 10.2 Å². The lowest BCUT2D eigenvalue weighted by molar-refractivity contribution is -0.393. The lowest BCUT2D eigenvalue weighted by Crippen LogP contribution is -2.33. The molecule has 0 saturated carbocycles. The van der Waals surface area contributed by atoms with Crippen LogP contribution in [-0.4, -0.2) is 61.2 Å². The van der Waals surface area contributed by atoms with Crippen molar-refractivity contribution in [3.8, 4) is 5.75 Å². The number of nitrogens with zero attached hydrogens (tertiary/aromatic N) is 5. The van der Waals surface area contributed by atoms with Gasteiger partial charge in [0.15, 0.2) is 5.69 Å². The summed E-state index contributed by atoms with van der Waals surface area (Å²) in [6.07, 6.45) is 1.50. The second-order valence-electron chi connectivity index (χ2n) is 9.79. The van der Waals surface area contributed by atoms with Crippen LogP contribution >= 0.6 is 15.9 Å². The first-order valence-corrected chi connectivity index (χ1v) is 14.7. The summed E-state index contributed by atoms with van der Waals surface area (Å²) in [7, 11) is 1.44. The summed E-state index contributed by atoms with van der Waals surface area (Å²) in [4.78, 5) is 47.6. The summed E-state index contributed by atoms with van der Waals surface area (Å²) in [5.74, 6) is -0.651. The van der Waals surface area contributed by atoms with Crippen LogP contribution in [-0.2, 0) is 19.1 Å². The van der Waals surface area contributed by atoms with E-state index in [-0.39, 0.29) is 52.7 Å². The summed E-state index contributed by atoms with van der Waals surface area (Å²) < 4.78 is 17.0. The quantitative estimate of drug-likeness (QED) is 0.0799. The summed E-state index contributed by atoms with van der Waals surface area (Å²) in [6, 6.07) is 4.95. The molecule has 2 rings (SSSR count). The van der Waals surface area contributed by atoms with Gasteiger partial charge in [-0.05, 0) is 41.8 Å². The van der Waals surface area contributed by atoms with Gasteiger partial charge in [0.05, 0.1) is 64.0 Å². The molecule has 16 heteroatoms. The lowest BCUT2D eigenvalue weighted by atomic mass is 10.1. The zero-order valence-electron chi connectivity index (χ0n) is 25.5. The molecule has 2 aromatic rings. The summed E-state index contributed by atoms with van der Waals surface area (Å²) in [5, 5.41) is 33.7. The topological polar surface area (TPSA) is 188 Å². The highest BCUT2D eigenvalue weighted by Crippen LogP contribution is 2.43. The normalized spacial score (nSPS) is 12.4. The van der Waals surface area contributed by atoms with Crippen LogP contribution in [0.5, 0.6) is 5.75 Å². The smallest absolute Gasteiger partial charge is 0.308 e. The number of non-ortho nitro benzene ring substituents is 1. The largest absolute Gasteiger partial charge is 0.494 e. The highest BCUT2D eigenvalue weighted by molar-refractivity contribution is 9.10. The molecular formula is C28H37BrN6O9. The second-order valence-corrected chi connectivity index (χ2v) is 10.6. The Morgan fingerprint density at radius 2 is 1.70 bits per heavy atom. The molecule has 0 heterocycles. The van der Waals surface area contributed by atoms with Gasteiger partial charge in [-0.3, -0.25) is 29.8 Å². The first-order chi connectivity index (χ1) is 20.8. The van der Waals surface area contributed by atoms with Gasteiger partial charge in [0.1, 0.15) is 18.0 Å². The minimum Gasteiger partial charge on any atom is -0.494 e. The Hall–Kier alpha value is -4.18. The number of benzene rings is 2. The zero-order chi connectivity index (χ0) is 33.0. The Morgan fingerprint density at radius 1 is 1.02 bits per heavy atom. The van der Waals surface area contributed by atoms with Crippen molar-refractivity contribution in [3.63, 3.8) is 0 Å². The summed E-state index contributed by atoms with van der Waals surface area (Å²) in [5.41, 5.74) is -0.561. The van der Waals surface area contributed by atoms with Crippen molar-refractivity contribution < 1.29 is 33.6 Å². The molecule has 2 atom stereocenters. The fourth-order valence-electron chi connectivity index (χ4n) is 3.76. The average Bonchev–Trinajstić information content (AvgIpc) is 2.98. The van der Waals surface area contributed by atoms with Crippen LogP contribution in [0.2, 0.25) is 0 Å². The maximum atomic E-state index is 12.3. The van der Waals surface area contributed by atoms with Crippen LogP contribution in [0.3, 0.4) is 0 Å². The molecule has 0 aliphatic carbocycles. The molecule has 2 aromatic carbocycles. The van der Waals surface area contributed by atoms with Crippen molar-refractivity contribution in [1.82, 2.24) is 0 Å². The molecule has 0 spiro atoms. The van der Waals surface area contributed by atoms with Gasteiger partial charge < -0.3 is 24.4 Å². The van der Waals surface area contributed by atoms with Crippen molar-refractivity contribution in [1.29, 1.82) is 0 Å². The number of ether oxygens (including phenoxy) is 3. The number of amides is 1. The molecule has 44 heavy (non-hydrogen) atoms. The number of esters is 1. The SMILES string of the molecule is CCC(C)OCCN(CCOC(=O)C(C)CC)c1cc(NC(C)=O)c(N=Nc2c(Br)cc([N+](=O)[O-])cc2[N+](=O)[O-])cc1OC. The van der Waals surface area contributed by atoms with Crippen LogP contribution in [0.25, 0.3) is 0 Å². The highest BCUT2D eigenvalue weighted by atomic mass is 79.9. The van der Waals surface area contributed by atoms with E-state index in [0.717, 1.165) is 18.6 Å². The Balaban J connectivity index is 2.57. The summed E-state index contributed by atoms with van der Waals surface area (Å²) in [6.45, 7) is 10.1. The Labute approximate surface area is 263 Å². The number of hydrogen-bond donors (Lipinski definition) is 1. The Morgan fingerprint density at radius 3 is 2.27 bits per heavy atom. The van der Waals surface area contributed by atoms with E-state index in [4.69, 9.17) is 14.2 Å². The fourth-order valence-corrected chi connectivity index (χ4v) is 4.28. The molecule has 1 N–H and O–H groups in total. The number of carbonyl (C=O) groups excluding carboxylic acids is 2. The lowest BCUT2D eigenvalue weighted by Gasteiger charge is -2.28. The van der Waals surface area contributed by atoms with Crippen molar-refractivity contribution in [2.75, 3.05) is 43.6 Å². The molecule has 1 amide bonds. The van der Waals surface area contributed by atoms with E-state index in [2.05, 4.69) is 31.5 Å². The predicted octanol–water partition coefficient (Wildman–Crippen LogP) is 6.86. The third-order valence-corrected chi connectivity index (χ3v) is 7.21. The number of nitro groups is 2. The molecule has 15 nitrogen and oxygen atoms in total. The van der Waals surface area contributed by atoms with E-state index in [1.807, 2.05) is 25.7 Å². The van der Waals surface area contributed by atoms with Gasteiger partial charge in [0, 0.05) is 25.6 Å². The van der Waals surface area contributed by atoms with Crippen LogP contribution in [0, 0.1) is 26.1 Å². The maximum absolute atomic E-state index is 12.3. The number of halogens is 1. The monoisotopic (exact) mass is 680 g/mol. The number of rotatable bonds is 17. The number of hydrogen-bond acceptors (Lipinski definition) is 12. The number of azo groups is 1. The van der Waals surface area contributed by atoms with E-state index in [1.54, 1.807) is 13.0 Å². The molecule has 240 valence electrons. The van der Waals surface area contributed by atoms with E-state index in [9.17, 15) is 29.8 Å².